The smallest absolute Gasteiger partial charge is 0.325 e. The minimum atomic E-state index is -0.679. The van der Waals surface area contributed by atoms with Gasteiger partial charge in [-0.05, 0) is 48.0 Å². The van der Waals surface area contributed by atoms with Crippen LogP contribution in [0.15, 0.2) is 54.7 Å². The van der Waals surface area contributed by atoms with Gasteiger partial charge in [-0.2, -0.15) is 0 Å². The molecule has 0 saturated heterocycles. The van der Waals surface area contributed by atoms with Crippen molar-refractivity contribution < 1.29 is 18.7 Å². The van der Waals surface area contributed by atoms with Gasteiger partial charge < -0.3 is 15.8 Å². The van der Waals surface area contributed by atoms with E-state index >= 15 is 0 Å². The Labute approximate surface area is 190 Å². The molecule has 0 aliphatic heterocycles. The van der Waals surface area contributed by atoms with Crippen LogP contribution >= 0.6 is 22.9 Å². The number of pyridine rings is 1. The number of amides is 3. The first-order valence-electron chi connectivity index (χ1n) is 9.18. The molecule has 11 heteroatoms. The van der Waals surface area contributed by atoms with E-state index in [9.17, 15) is 14.0 Å². The molecule has 4 N–H and O–H groups in total. The van der Waals surface area contributed by atoms with E-state index < -0.39 is 17.8 Å². The van der Waals surface area contributed by atoms with Gasteiger partial charge in [-0.25, -0.2) is 14.2 Å². The molecule has 0 radical (unpaired) electrons. The predicted octanol–water partition coefficient (Wildman–Crippen LogP) is 4.81. The molecule has 2 aromatic carbocycles. The number of hydrogen-bond donors (Lipinski definition) is 3. The average Bonchev–Trinajstić information content (AvgIpc) is 3.15. The van der Waals surface area contributed by atoms with Gasteiger partial charge in [0.05, 0.1) is 15.9 Å². The monoisotopic (exact) mass is 471 g/mol. The van der Waals surface area contributed by atoms with Crippen LogP contribution in [0.3, 0.4) is 0 Å². The lowest BCUT2D eigenvalue weighted by atomic mass is 10.2. The Morgan fingerprint density at radius 2 is 1.97 bits per heavy atom. The maximum Gasteiger partial charge on any atom is 0.325 e. The lowest BCUT2D eigenvalue weighted by Gasteiger charge is -2.10. The van der Waals surface area contributed by atoms with Gasteiger partial charge in [-0.3, -0.25) is 15.1 Å². The van der Waals surface area contributed by atoms with Crippen LogP contribution in [0.25, 0.3) is 10.2 Å². The zero-order valence-corrected chi connectivity index (χ0v) is 17.8. The Bertz CT molecular complexity index is 1330. The van der Waals surface area contributed by atoms with Crippen LogP contribution in [0.5, 0.6) is 5.75 Å². The second kappa shape index (κ2) is 9.16. The number of hydrogen-bond acceptors (Lipinski definition) is 6. The molecule has 4 aromatic rings. The van der Waals surface area contributed by atoms with Crippen molar-refractivity contribution in [2.75, 3.05) is 10.6 Å². The Hall–Kier alpha value is -3.76. The molecule has 0 atom stereocenters. The third kappa shape index (κ3) is 5.10. The Balaban J connectivity index is 1.37. The number of nitrogens with one attached hydrogen (secondary N) is 2. The molecule has 8 nitrogen and oxygen atoms in total. The largest absolute Gasteiger partial charge is 0.489 e. The number of nitrogens with zero attached hydrogens (tertiary/aromatic N) is 2. The summed E-state index contributed by atoms with van der Waals surface area (Å²) in [7, 11) is 0. The van der Waals surface area contributed by atoms with Crippen molar-refractivity contribution in [1.82, 2.24) is 9.97 Å². The summed E-state index contributed by atoms with van der Waals surface area (Å²) in [6.07, 6.45) is 1.44. The van der Waals surface area contributed by atoms with Crippen LogP contribution in [0.2, 0.25) is 5.02 Å². The fraction of sp³-hybridized carbons (Fsp3) is 0.0476. The molecule has 0 spiro atoms. The third-order valence-electron chi connectivity index (χ3n) is 4.24. The standard InChI is InChI=1S/C21H15ClFN5O3S/c22-12-1-3-16-18(8-12)32-21(27-16)28-20(30)26-15-4-2-13(9-14(15)23)31-10-11-5-6-25-17(7-11)19(24)29/h1-9H,10H2,(H2,24,29)(H2,26,27,28,30). The fourth-order valence-corrected chi connectivity index (χ4v) is 3.89. The number of aromatic nitrogens is 2. The van der Waals surface area contributed by atoms with E-state index in [1.807, 2.05) is 0 Å². The van der Waals surface area contributed by atoms with Crippen molar-refractivity contribution >= 4 is 55.9 Å². The number of rotatable bonds is 6. The minimum Gasteiger partial charge on any atom is -0.489 e. The number of thiazole rings is 1. The van der Waals surface area contributed by atoms with Gasteiger partial charge in [-0.1, -0.05) is 22.9 Å². The summed E-state index contributed by atoms with van der Waals surface area (Å²) in [5, 5.41) is 5.93. The van der Waals surface area contributed by atoms with Crippen LogP contribution < -0.4 is 21.1 Å². The molecule has 4 rings (SSSR count). The second-order valence-corrected chi connectivity index (χ2v) is 8.02. The van der Waals surface area contributed by atoms with E-state index in [0.717, 1.165) is 10.8 Å². The number of nitrogens with two attached hydrogens (primary N) is 1. The first-order valence-corrected chi connectivity index (χ1v) is 10.4. The van der Waals surface area contributed by atoms with Gasteiger partial charge in [0.2, 0.25) is 0 Å². The van der Waals surface area contributed by atoms with Gasteiger partial charge in [0.15, 0.2) is 5.13 Å². The summed E-state index contributed by atoms with van der Waals surface area (Å²) in [4.78, 5) is 31.6. The number of ether oxygens (including phenoxy) is 1. The number of primary amides is 1. The van der Waals surface area contributed by atoms with E-state index in [0.29, 0.717) is 21.2 Å². The van der Waals surface area contributed by atoms with Crippen LogP contribution in [0, 0.1) is 5.82 Å². The number of carbonyl (C=O) groups excluding carboxylic acids is 2. The molecule has 2 aromatic heterocycles. The van der Waals surface area contributed by atoms with E-state index in [1.165, 1.54) is 35.7 Å². The highest BCUT2D eigenvalue weighted by Crippen LogP contribution is 2.28. The number of fused-ring (bicyclic) bond motifs is 1. The zero-order chi connectivity index (χ0) is 22.7. The molecule has 2 heterocycles. The van der Waals surface area contributed by atoms with E-state index in [1.54, 1.807) is 24.3 Å². The SMILES string of the molecule is NC(=O)c1cc(COc2ccc(NC(=O)Nc3nc4ccc(Cl)cc4s3)c(F)c2)ccn1. The summed E-state index contributed by atoms with van der Waals surface area (Å²) in [5.41, 5.74) is 6.62. The molecule has 0 saturated carbocycles. The van der Waals surface area contributed by atoms with Crippen molar-refractivity contribution in [3.05, 3.63) is 76.8 Å². The lowest BCUT2D eigenvalue weighted by Crippen LogP contribution is -2.20. The van der Waals surface area contributed by atoms with Gasteiger partial charge in [0.1, 0.15) is 23.9 Å². The highest BCUT2D eigenvalue weighted by atomic mass is 35.5. The van der Waals surface area contributed by atoms with Crippen molar-refractivity contribution in [2.24, 2.45) is 5.73 Å². The molecular formula is C21H15ClFN5O3S. The van der Waals surface area contributed by atoms with E-state index in [-0.39, 0.29) is 23.7 Å². The molecule has 0 unspecified atom stereocenters. The van der Waals surface area contributed by atoms with Crippen LogP contribution in [-0.2, 0) is 6.61 Å². The Kier molecular flexibility index (Phi) is 6.15. The van der Waals surface area contributed by atoms with Crippen molar-refractivity contribution in [3.63, 3.8) is 0 Å². The van der Waals surface area contributed by atoms with Crippen molar-refractivity contribution in [2.45, 2.75) is 6.61 Å². The van der Waals surface area contributed by atoms with Crippen molar-refractivity contribution in [1.29, 1.82) is 0 Å². The predicted molar refractivity (Wildman–Crippen MR) is 121 cm³/mol. The number of anilines is 2. The molecule has 0 fully saturated rings. The topological polar surface area (TPSA) is 119 Å². The van der Waals surface area contributed by atoms with Crippen LogP contribution in [0.4, 0.5) is 20.0 Å². The average molecular weight is 472 g/mol. The van der Waals surface area contributed by atoms with E-state index in [2.05, 4.69) is 20.6 Å². The number of urea groups is 1. The number of halogens is 2. The summed E-state index contributed by atoms with van der Waals surface area (Å²) in [6.45, 7) is 0.0805. The van der Waals surface area contributed by atoms with Gasteiger partial charge >= 0.3 is 6.03 Å². The first kappa shape index (κ1) is 21.5. The maximum atomic E-state index is 14.4. The normalized spacial score (nSPS) is 10.7. The highest BCUT2D eigenvalue weighted by molar-refractivity contribution is 7.22. The molecule has 162 valence electrons. The second-order valence-electron chi connectivity index (χ2n) is 6.55. The third-order valence-corrected chi connectivity index (χ3v) is 5.41. The highest BCUT2D eigenvalue weighted by Gasteiger charge is 2.12. The van der Waals surface area contributed by atoms with Crippen LogP contribution in [-0.4, -0.2) is 21.9 Å². The van der Waals surface area contributed by atoms with Gasteiger partial charge in [0, 0.05) is 17.3 Å². The fourth-order valence-electron chi connectivity index (χ4n) is 2.76. The zero-order valence-electron chi connectivity index (χ0n) is 16.3. The maximum absolute atomic E-state index is 14.4. The van der Waals surface area contributed by atoms with Gasteiger partial charge in [-0.15, -0.1) is 0 Å². The Morgan fingerprint density at radius 3 is 2.75 bits per heavy atom. The summed E-state index contributed by atoms with van der Waals surface area (Å²) in [5.74, 6) is -1.09. The summed E-state index contributed by atoms with van der Waals surface area (Å²) < 4.78 is 20.8. The molecule has 0 aliphatic rings. The molecule has 0 aliphatic carbocycles. The molecule has 3 amide bonds. The molecular weight excluding hydrogens is 457 g/mol. The minimum absolute atomic E-state index is 0.0288. The van der Waals surface area contributed by atoms with E-state index in [4.69, 9.17) is 22.1 Å². The summed E-state index contributed by atoms with van der Waals surface area (Å²) >= 11 is 7.20. The molecule has 0 bridgehead atoms. The molecule has 32 heavy (non-hydrogen) atoms. The summed E-state index contributed by atoms with van der Waals surface area (Å²) in [6, 6.07) is 11.7. The van der Waals surface area contributed by atoms with Gasteiger partial charge in [0.25, 0.3) is 5.91 Å². The number of carbonyl (C=O) groups is 2. The number of benzene rings is 2. The quantitative estimate of drug-likeness (QED) is 0.373. The van der Waals surface area contributed by atoms with Crippen molar-refractivity contribution in [3.8, 4) is 5.75 Å². The first-order chi connectivity index (χ1) is 15.4. The lowest BCUT2D eigenvalue weighted by molar-refractivity contribution is 0.0995. The van der Waals surface area contributed by atoms with Crippen LogP contribution in [0.1, 0.15) is 16.1 Å². The Morgan fingerprint density at radius 1 is 1.12 bits per heavy atom.